The number of nitrogens with zero attached hydrogens (tertiary/aromatic N) is 2. The molecule has 10 heteroatoms. The van der Waals surface area contributed by atoms with Crippen LogP contribution in [-0.2, 0) is 10.4 Å². The molecule has 1 fully saturated rings. The molecule has 0 bridgehead atoms. The Labute approximate surface area is 173 Å². The van der Waals surface area contributed by atoms with Crippen LogP contribution >= 0.6 is 11.3 Å². The molecule has 6 nitrogen and oxygen atoms in total. The first kappa shape index (κ1) is 20.5. The van der Waals surface area contributed by atoms with Crippen molar-refractivity contribution >= 4 is 33.3 Å². The molecule has 1 atom stereocenters. The van der Waals surface area contributed by atoms with Gasteiger partial charge in [-0.05, 0) is 31.9 Å². The van der Waals surface area contributed by atoms with Crippen LogP contribution in [0, 0.1) is 5.92 Å². The molecule has 3 aromatic rings. The lowest BCUT2D eigenvalue weighted by Crippen LogP contribution is -2.41. The van der Waals surface area contributed by atoms with Gasteiger partial charge >= 0.3 is 6.18 Å². The lowest BCUT2D eigenvalue weighted by atomic mass is 9.81. The van der Waals surface area contributed by atoms with Gasteiger partial charge in [0.2, 0.25) is 11.5 Å². The van der Waals surface area contributed by atoms with Gasteiger partial charge in [0.25, 0.3) is 0 Å². The van der Waals surface area contributed by atoms with Gasteiger partial charge in [-0.1, -0.05) is 18.2 Å². The Kier molecular flexibility index (Phi) is 5.15. The summed E-state index contributed by atoms with van der Waals surface area (Å²) in [5.74, 6) is -0.0113. The maximum Gasteiger partial charge on any atom is 0.422 e. The number of aromatic nitrogens is 2. The molecular weight excluding hydrogens is 419 g/mol. The van der Waals surface area contributed by atoms with E-state index in [0.717, 1.165) is 27.6 Å². The molecule has 1 aromatic carbocycles. The van der Waals surface area contributed by atoms with E-state index in [0.29, 0.717) is 25.5 Å². The lowest BCUT2D eigenvalue weighted by Gasteiger charge is -2.34. The van der Waals surface area contributed by atoms with Crippen LogP contribution in [0.5, 0.6) is 5.75 Å². The number of hydrogen-bond donors (Lipinski definition) is 2. The van der Waals surface area contributed by atoms with Gasteiger partial charge in [-0.25, -0.2) is 4.98 Å². The molecule has 1 unspecified atom stereocenters. The molecule has 0 aliphatic heterocycles. The Hall–Kier alpha value is -2.72. The zero-order valence-electron chi connectivity index (χ0n) is 15.8. The van der Waals surface area contributed by atoms with Gasteiger partial charge in [0.05, 0.1) is 5.69 Å². The molecule has 158 valence electrons. The molecule has 0 radical (unpaired) electrons. The van der Waals surface area contributed by atoms with E-state index in [1.54, 1.807) is 6.20 Å². The third-order valence-corrected chi connectivity index (χ3v) is 5.90. The number of para-hydroxylation sites is 1. The van der Waals surface area contributed by atoms with Gasteiger partial charge in [0.1, 0.15) is 17.4 Å². The molecule has 2 aromatic heterocycles. The Bertz CT molecular complexity index is 1070. The largest absolute Gasteiger partial charge is 0.488 e. The highest BCUT2D eigenvalue weighted by molar-refractivity contribution is 7.13. The van der Waals surface area contributed by atoms with Crippen LogP contribution in [0.4, 0.5) is 18.3 Å². The number of pyridine rings is 1. The number of nitrogens with one attached hydrogen (secondary N) is 1. The molecule has 30 heavy (non-hydrogen) atoms. The van der Waals surface area contributed by atoms with E-state index < -0.39 is 17.5 Å². The molecular formula is C20H18F3N3O3S. The van der Waals surface area contributed by atoms with Crippen molar-refractivity contribution in [2.75, 3.05) is 5.32 Å². The maximum atomic E-state index is 12.9. The second-order valence-electron chi connectivity index (χ2n) is 7.34. The number of halogens is 3. The number of rotatable bonds is 5. The number of carbonyl (C=O) groups is 1. The predicted octanol–water partition coefficient (Wildman–Crippen LogP) is 4.26. The summed E-state index contributed by atoms with van der Waals surface area (Å²) in [5, 5.41) is 14.3. The van der Waals surface area contributed by atoms with E-state index in [1.807, 2.05) is 30.3 Å². The summed E-state index contributed by atoms with van der Waals surface area (Å²) in [5.41, 5.74) is -2.87. The minimum atomic E-state index is -4.86. The highest BCUT2D eigenvalue weighted by Gasteiger charge is 2.52. The van der Waals surface area contributed by atoms with Crippen LogP contribution in [0.3, 0.4) is 0 Å². The van der Waals surface area contributed by atoms with Gasteiger partial charge < -0.3 is 15.2 Å². The number of amides is 1. The third-order valence-electron chi connectivity index (χ3n) is 5.14. The zero-order valence-corrected chi connectivity index (χ0v) is 16.6. The molecule has 2 N–H and O–H groups in total. The third kappa shape index (κ3) is 3.84. The van der Waals surface area contributed by atoms with Gasteiger partial charge in [-0.2, -0.15) is 13.2 Å². The average Bonchev–Trinajstić information content (AvgIpc) is 3.12. The number of carbonyl (C=O) groups excluding carboxylic acids is 1. The van der Waals surface area contributed by atoms with E-state index in [2.05, 4.69) is 15.3 Å². The second-order valence-corrected chi connectivity index (χ2v) is 8.19. The van der Waals surface area contributed by atoms with Crippen LogP contribution in [0.15, 0.2) is 41.9 Å². The first-order valence-corrected chi connectivity index (χ1v) is 10.1. The summed E-state index contributed by atoms with van der Waals surface area (Å²) in [4.78, 5) is 20.4. The van der Waals surface area contributed by atoms with E-state index >= 15 is 0 Å². The van der Waals surface area contributed by atoms with Crippen LogP contribution in [0.1, 0.15) is 25.5 Å². The number of benzene rings is 1. The van der Waals surface area contributed by atoms with E-state index in [4.69, 9.17) is 4.74 Å². The lowest BCUT2D eigenvalue weighted by molar-refractivity contribution is -0.260. The fourth-order valence-corrected chi connectivity index (χ4v) is 3.95. The van der Waals surface area contributed by atoms with Crippen molar-refractivity contribution < 1.29 is 27.8 Å². The molecule has 4 rings (SSSR count). The zero-order chi connectivity index (χ0) is 21.5. The Morgan fingerprint density at radius 3 is 2.73 bits per heavy atom. The quantitative estimate of drug-likeness (QED) is 0.623. The van der Waals surface area contributed by atoms with Gasteiger partial charge in [-0.15, -0.1) is 11.3 Å². The first-order valence-electron chi connectivity index (χ1n) is 9.21. The second kappa shape index (κ2) is 7.51. The highest BCUT2D eigenvalue weighted by Crippen LogP contribution is 2.40. The highest BCUT2D eigenvalue weighted by atomic mass is 32.1. The molecule has 1 aliphatic rings. The molecule has 1 aliphatic carbocycles. The summed E-state index contributed by atoms with van der Waals surface area (Å²) in [6.45, 7) is 0.629. The standard InChI is InChI=1S/C20H18F3N3O3S/c1-19(28,20(21,22)23)15-10-30-18(25-15)26-17(27)12-8-13(9-12)29-14-6-2-4-11-5-3-7-24-16(11)14/h2-7,10,12-13,28H,8-9H2,1H3,(H,25,26,27)/t12-,13-,19?. The number of aliphatic hydroxyl groups is 1. The number of hydrogen-bond acceptors (Lipinski definition) is 6. The van der Waals surface area contributed by atoms with E-state index in [9.17, 15) is 23.1 Å². The minimum Gasteiger partial charge on any atom is -0.488 e. The Balaban J connectivity index is 1.34. The fraction of sp³-hybridized carbons (Fsp3) is 0.350. The van der Waals surface area contributed by atoms with Gasteiger partial charge in [-0.3, -0.25) is 9.78 Å². The van der Waals surface area contributed by atoms with E-state index in [1.165, 1.54) is 0 Å². The van der Waals surface area contributed by atoms with Crippen molar-refractivity contribution in [3.63, 3.8) is 0 Å². The summed E-state index contributed by atoms with van der Waals surface area (Å²) in [6, 6.07) is 9.41. The molecule has 0 spiro atoms. The SMILES string of the molecule is CC(O)(c1csc(NC(=O)[C@H]2C[C@H](Oc3cccc4cccnc34)C2)n1)C(F)(F)F. The first-order chi connectivity index (χ1) is 14.1. The Morgan fingerprint density at radius 1 is 1.27 bits per heavy atom. The number of fused-ring (bicyclic) bond motifs is 1. The van der Waals surface area contributed by atoms with Crippen molar-refractivity contribution in [3.8, 4) is 5.75 Å². The van der Waals surface area contributed by atoms with Crippen LogP contribution in [0.25, 0.3) is 10.9 Å². The topological polar surface area (TPSA) is 84.3 Å². The number of anilines is 1. The number of ether oxygens (including phenoxy) is 1. The minimum absolute atomic E-state index is 0.0159. The smallest absolute Gasteiger partial charge is 0.422 e. The summed E-state index contributed by atoms with van der Waals surface area (Å²) in [7, 11) is 0. The summed E-state index contributed by atoms with van der Waals surface area (Å²) < 4.78 is 44.7. The van der Waals surface area contributed by atoms with Crippen LogP contribution in [0.2, 0.25) is 0 Å². The van der Waals surface area contributed by atoms with Crippen molar-refractivity contribution in [3.05, 3.63) is 47.6 Å². The molecule has 1 saturated carbocycles. The van der Waals surface area contributed by atoms with Crippen molar-refractivity contribution in [2.24, 2.45) is 5.92 Å². The number of thiazole rings is 1. The summed E-state index contributed by atoms with van der Waals surface area (Å²) in [6.07, 6.45) is -2.37. The Morgan fingerprint density at radius 2 is 2.00 bits per heavy atom. The normalized spacial score (nSPS) is 21.0. The molecule has 0 saturated heterocycles. The van der Waals surface area contributed by atoms with Crippen molar-refractivity contribution in [2.45, 2.75) is 37.6 Å². The van der Waals surface area contributed by atoms with Crippen molar-refractivity contribution in [1.82, 2.24) is 9.97 Å². The van der Waals surface area contributed by atoms with Gasteiger partial charge in [0.15, 0.2) is 5.13 Å². The maximum absolute atomic E-state index is 12.9. The van der Waals surface area contributed by atoms with Gasteiger partial charge in [0, 0.05) is 22.9 Å². The fourth-order valence-electron chi connectivity index (χ4n) is 3.13. The predicted molar refractivity (Wildman–Crippen MR) is 105 cm³/mol. The molecule has 1 amide bonds. The molecule has 2 heterocycles. The average molecular weight is 437 g/mol. The van der Waals surface area contributed by atoms with E-state index in [-0.39, 0.29) is 23.1 Å². The van der Waals surface area contributed by atoms with Crippen LogP contribution < -0.4 is 10.1 Å². The van der Waals surface area contributed by atoms with Crippen LogP contribution in [-0.4, -0.2) is 33.3 Å². The monoisotopic (exact) mass is 437 g/mol. The van der Waals surface area contributed by atoms with Crippen molar-refractivity contribution in [1.29, 1.82) is 0 Å². The summed E-state index contributed by atoms with van der Waals surface area (Å²) >= 11 is 0.835. The number of alkyl halides is 3.